The second-order valence-corrected chi connectivity index (χ2v) is 4.86. The molecule has 1 aliphatic heterocycles. The molecule has 0 bridgehead atoms. The van der Waals surface area contributed by atoms with Crippen molar-refractivity contribution in [2.75, 3.05) is 38.2 Å². The Balaban J connectivity index is 2.16. The summed E-state index contributed by atoms with van der Waals surface area (Å²) in [5, 5.41) is 0. The van der Waals surface area contributed by atoms with Gasteiger partial charge in [0.05, 0.1) is 0 Å². The molecule has 1 unspecified atom stereocenters. The summed E-state index contributed by atoms with van der Waals surface area (Å²) < 4.78 is 0. The third-order valence-corrected chi connectivity index (χ3v) is 3.38. The number of rotatable bonds is 5. The van der Waals surface area contributed by atoms with Crippen LogP contribution in [0.1, 0.15) is 19.3 Å². The summed E-state index contributed by atoms with van der Waals surface area (Å²) in [6.45, 7) is 4.72. The van der Waals surface area contributed by atoms with Gasteiger partial charge >= 0.3 is 0 Å². The van der Waals surface area contributed by atoms with Crippen molar-refractivity contribution in [1.29, 1.82) is 0 Å². The molecule has 0 aromatic heterocycles. The standard InChI is InChI=1S/C10H22N2S/c1-13-8-7-12-6-2-3-10(9-12)4-5-11/h10H,2-9,11H2,1H3. The lowest BCUT2D eigenvalue weighted by Crippen LogP contribution is -2.37. The van der Waals surface area contributed by atoms with Crippen LogP contribution in [0.3, 0.4) is 0 Å². The van der Waals surface area contributed by atoms with E-state index in [2.05, 4.69) is 11.2 Å². The molecule has 0 saturated carbocycles. The molecule has 2 N–H and O–H groups in total. The van der Waals surface area contributed by atoms with Gasteiger partial charge in [0.2, 0.25) is 0 Å². The second-order valence-electron chi connectivity index (χ2n) is 3.88. The van der Waals surface area contributed by atoms with E-state index in [1.165, 1.54) is 44.6 Å². The molecule has 2 nitrogen and oxygen atoms in total. The summed E-state index contributed by atoms with van der Waals surface area (Å²) >= 11 is 1.94. The SMILES string of the molecule is CSCCN1CCCC(CCN)C1. The topological polar surface area (TPSA) is 29.3 Å². The molecule has 78 valence electrons. The van der Waals surface area contributed by atoms with Crippen molar-refractivity contribution in [2.24, 2.45) is 11.7 Å². The van der Waals surface area contributed by atoms with Crippen molar-refractivity contribution in [3.05, 3.63) is 0 Å². The van der Waals surface area contributed by atoms with E-state index in [-0.39, 0.29) is 0 Å². The van der Waals surface area contributed by atoms with Crippen molar-refractivity contribution in [2.45, 2.75) is 19.3 Å². The highest BCUT2D eigenvalue weighted by molar-refractivity contribution is 7.98. The summed E-state index contributed by atoms with van der Waals surface area (Å²) in [4.78, 5) is 2.60. The number of hydrogen-bond acceptors (Lipinski definition) is 3. The zero-order chi connectivity index (χ0) is 9.52. The first-order valence-corrected chi connectivity index (χ1v) is 6.67. The fourth-order valence-corrected chi connectivity index (χ4v) is 2.49. The van der Waals surface area contributed by atoms with E-state index in [4.69, 9.17) is 5.73 Å². The van der Waals surface area contributed by atoms with E-state index in [0.29, 0.717) is 0 Å². The van der Waals surface area contributed by atoms with Gasteiger partial charge in [-0.3, -0.25) is 0 Å². The number of piperidine rings is 1. The number of likely N-dealkylation sites (tertiary alicyclic amines) is 1. The lowest BCUT2D eigenvalue weighted by Gasteiger charge is -2.32. The van der Waals surface area contributed by atoms with Gasteiger partial charge in [0.25, 0.3) is 0 Å². The van der Waals surface area contributed by atoms with Gasteiger partial charge in [-0.15, -0.1) is 0 Å². The Bertz CT molecular complexity index is 128. The maximum atomic E-state index is 5.58. The predicted molar refractivity (Wildman–Crippen MR) is 61.2 cm³/mol. The molecule has 1 saturated heterocycles. The minimum Gasteiger partial charge on any atom is -0.330 e. The van der Waals surface area contributed by atoms with Crippen LogP contribution < -0.4 is 5.73 Å². The third kappa shape index (κ3) is 4.34. The molecule has 13 heavy (non-hydrogen) atoms. The lowest BCUT2D eigenvalue weighted by molar-refractivity contribution is 0.179. The fraction of sp³-hybridized carbons (Fsp3) is 1.00. The molecule has 0 aliphatic carbocycles. The first-order chi connectivity index (χ1) is 6.36. The van der Waals surface area contributed by atoms with Crippen molar-refractivity contribution in [3.63, 3.8) is 0 Å². The van der Waals surface area contributed by atoms with Crippen LogP contribution in [0.25, 0.3) is 0 Å². The number of hydrogen-bond donors (Lipinski definition) is 1. The van der Waals surface area contributed by atoms with Crippen LogP contribution in [0.5, 0.6) is 0 Å². The van der Waals surface area contributed by atoms with Crippen LogP contribution in [-0.4, -0.2) is 43.1 Å². The Labute approximate surface area is 86.2 Å². The van der Waals surface area contributed by atoms with Gasteiger partial charge in [-0.25, -0.2) is 0 Å². The van der Waals surface area contributed by atoms with Crippen LogP contribution in [0.4, 0.5) is 0 Å². The van der Waals surface area contributed by atoms with Crippen LogP contribution in [0, 0.1) is 5.92 Å². The predicted octanol–water partition coefficient (Wildman–Crippen LogP) is 1.41. The van der Waals surface area contributed by atoms with Crippen LogP contribution in [0.2, 0.25) is 0 Å². The van der Waals surface area contributed by atoms with Crippen molar-refractivity contribution < 1.29 is 0 Å². The van der Waals surface area contributed by atoms with Gasteiger partial charge in [-0.1, -0.05) is 0 Å². The smallest absolute Gasteiger partial charge is 0.00723 e. The second kappa shape index (κ2) is 6.68. The molecular weight excluding hydrogens is 180 g/mol. The number of nitrogens with zero attached hydrogens (tertiary/aromatic N) is 1. The van der Waals surface area contributed by atoms with Gasteiger partial charge in [-0.2, -0.15) is 11.8 Å². The van der Waals surface area contributed by atoms with Crippen molar-refractivity contribution in [1.82, 2.24) is 4.90 Å². The Morgan fingerprint density at radius 2 is 2.38 bits per heavy atom. The molecule has 0 radical (unpaired) electrons. The Morgan fingerprint density at radius 3 is 3.08 bits per heavy atom. The van der Waals surface area contributed by atoms with Crippen LogP contribution >= 0.6 is 11.8 Å². The van der Waals surface area contributed by atoms with Gasteiger partial charge in [0.15, 0.2) is 0 Å². The Morgan fingerprint density at radius 1 is 1.54 bits per heavy atom. The summed E-state index contributed by atoms with van der Waals surface area (Å²) in [5.41, 5.74) is 5.58. The highest BCUT2D eigenvalue weighted by atomic mass is 32.2. The van der Waals surface area contributed by atoms with Gasteiger partial charge < -0.3 is 10.6 Å². The molecule has 0 amide bonds. The molecule has 0 spiro atoms. The summed E-state index contributed by atoms with van der Waals surface area (Å²) in [7, 11) is 0. The highest BCUT2D eigenvalue weighted by Crippen LogP contribution is 2.18. The zero-order valence-electron chi connectivity index (χ0n) is 8.67. The highest BCUT2D eigenvalue weighted by Gasteiger charge is 2.18. The molecular formula is C10H22N2S. The minimum atomic E-state index is 0.862. The Kier molecular flexibility index (Phi) is 5.83. The quantitative estimate of drug-likeness (QED) is 0.731. The van der Waals surface area contributed by atoms with E-state index < -0.39 is 0 Å². The first-order valence-electron chi connectivity index (χ1n) is 5.28. The maximum Gasteiger partial charge on any atom is 0.00723 e. The van der Waals surface area contributed by atoms with Gasteiger partial charge in [0.1, 0.15) is 0 Å². The average Bonchev–Trinajstić information content (AvgIpc) is 2.16. The number of thioether (sulfide) groups is 1. The molecule has 1 fully saturated rings. The number of nitrogens with two attached hydrogens (primary N) is 1. The summed E-state index contributed by atoms with van der Waals surface area (Å²) in [5.74, 6) is 2.15. The maximum absolute atomic E-state index is 5.58. The first kappa shape index (κ1) is 11.3. The largest absolute Gasteiger partial charge is 0.330 e. The third-order valence-electron chi connectivity index (χ3n) is 2.79. The van der Waals surface area contributed by atoms with E-state index in [9.17, 15) is 0 Å². The van der Waals surface area contributed by atoms with Crippen LogP contribution in [0.15, 0.2) is 0 Å². The fourth-order valence-electron chi connectivity index (χ4n) is 2.05. The molecule has 0 aromatic carbocycles. The van der Waals surface area contributed by atoms with E-state index in [1.807, 2.05) is 11.8 Å². The zero-order valence-corrected chi connectivity index (χ0v) is 9.48. The summed E-state index contributed by atoms with van der Waals surface area (Å²) in [6, 6.07) is 0. The molecule has 1 heterocycles. The molecule has 3 heteroatoms. The average molecular weight is 202 g/mol. The molecule has 1 rings (SSSR count). The molecule has 0 aromatic rings. The lowest BCUT2D eigenvalue weighted by atomic mass is 9.95. The van der Waals surface area contributed by atoms with Crippen molar-refractivity contribution in [3.8, 4) is 0 Å². The van der Waals surface area contributed by atoms with Crippen LogP contribution in [-0.2, 0) is 0 Å². The molecule has 1 aliphatic rings. The minimum absolute atomic E-state index is 0.862. The monoisotopic (exact) mass is 202 g/mol. The Hall–Kier alpha value is 0.270. The summed E-state index contributed by atoms with van der Waals surface area (Å²) in [6.07, 6.45) is 6.17. The van der Waals surface area contributed by atoms with E-state index in [1.54, 1.807) is 0 Å². The van der Waals surface area contributed by atoms with Gasteiger partial charge in [0, 0.05) is 18.8 Å². The normalized spacial score (nSPS) is 24.9. The van der Waals surface area contributed by atoms with Crippen molar-refractivity contribution >= 4 is 11.8 Å². The van der Waals surface area contributed by atoms with Gasteiger partial charge in [-0.05, 0) is 44.5 Å². The van der Waals surface area contributed by atoms with E-state index >= 15 is 0 Å². The van der Waals surface area contributed by atoms with E-state index in [0.717, 1.165) is 12.5 Å². The molecule has 1 atom stereocenters.